The van der Waals surface area contributed by atoms with Crippen molar-refractivity contribution in [3.05, 3.63) is 23.8 Å². The minimum atomic E-state index is 1.05. The highest BCUT2D eigenvalue weighted by atomic mass is 32.2. The molecule has 1 aromatic carbocycles. The Hall–Kier alpha value is -0.670. The average molecular weight is 222 g/mol. The van der Waals surface area contributed by atoms with Crippen molar-refractivity contribution >= 4 is 17.4 Å². The molecule has 0 atom stereocenters. The topological polar surface area (TPSA) is 24.1 Å². The summed E-state index contributed by atoms with van der Waals surface area (Å²) in [6, 6.07) is 6.78. The predicted octanol–water partition coefficient (Wildman–Crippen LogP) is 2.36. The summed E-state index contributed by atoms with van der Waals surface area (Å²) >= 11 is 1.95. The van der Waals surface area contributed by atoms with Crippen molar-refractivity contribution in [2.24, 2.45) is 0 Å². The third-order valence-electron chi connectivity index (χ3n) is 2.56. The highest BCUT2D eigenvalue weighted by molar-refractivity contribution is 7.99. The van der Waals surface area contributed by atoms with Gasteiger partial charge in [-0.1, -0.05) is 13.0 Å². The summed E-state index contributed by atoms with van der Waals surface area (Å²) < 4.78 is 0. The fourth-order valence-corrected chi connectivity index (χ4v) is 2.63. The number of hydrogen-bond donors (Lipinski definition) is 2. The molecule has 1 aliphatic heterocycles. The number of nitrogens with one attached hydrogen (secondary N) is 2. The molecule has 1 heterocycles. The second-order valence-electron chi connectivity index (χ2n) is 3.71. The van der Waals surface area contributed by atoms with Crippen molar-refractivity contribution in [1.29, 1.82) is 0 Å². The molecule has 82 valence electrons. The van der Waals surface area contributed by atoms with E-state index < -0.39 is 0 Å². The SMILES string of the molecule is CCNCCc1ccc2c(c1)NCCS2. The van der Waals surface area contributed by atoms with E-state index in [0.717, 1.165) is 26.1 Å². The van der Waals surface area contributed by atoms with Crippen LogP contribution in [-0.2, 0) is 6.42 Å². The highest BCUT2D eigenvalue weighted by Crippen LogP contribution is 2.31. The molecule has 0 amide bonds. The Kier molecular flexibility index (Phi) is 3.92. The summed E-state index contributed by atoms with van der Waals surface area (Å²) in [5.74, 6) is 1.18. The molecule has 0 unspecified atom stereocenters. The van der Waals surface area contributed by atoms with Gasteiger partial charge in [0.05, 0.1) is 0 Å². The first-order valence-corrected chi connectivity index (χ1v) is 6.59. The number of fused-ring (bicyclic) bond motifs is 1. The summed E-state index contributed by atoms with van der Waals surface area (Å²) in [6.45, 7) is 5.36. The average Bonchev–Trinajstić information content (AvgIpc) is 2.29. The molecule has 3 heteroatoms. The van der Waals surface area contributed by atoms with Gasteiger partial charge in [0.25, 0.3) is 0 Å². The molecule has 0 saturated heterocycles. The molecule has 2 nitrogen and oxygen atoms in total. The van der Waals surface area contributed by atoms with E-state index in [-0.39, 0.29) is 0 Å². The first kappa shape index (κ1) is 10.8. The second kappa shape index (κ2) is 5.42. The van der Waals surface area contributed by atoms with Crippen LogP contribution in [-0.4, -0.2) is 25.4 Å². The minimum absolute atomic E-state index is 1.05. The van der Waals surface area contributed by atoms with E-state index in [1.807, 2.05) is 11.8 Å². The van der Waals surface area contributed by atoms with Crippen molar-refractivity contribution < 1.29 is 0 Å². The molecular formula is C12H18N2S. The summed E-state index contributed by atoms with van der Waals surface area (Å²) in [7, 11) is 0. The van der Waals surface area contributed by atoms with Crippen molar-refractivity contribution in [2.75, 3.05) is 30.7 Å². The zero-order chi connectivity index (χ0) is 10.5. The molecular weight excluding hydrogens is 204 g/mol. The Bertz CT molecular complexity index is 325. The van der Waals surface area contributed by atoms with Crippen molar-refractivity contribution in [3.8, 4) is 0 Å². The Morgan fingerprint density at radius 1 is 1.47 bits per heavy atom. The van der Waals surface area contributed by atoms with E-state index in [2.05, 4.69) is 35.8 Å². The van der Waals surface area contributed by atoms with Gasteiger partial charge in [-0.25, -0.2) is 0 Å². The Labute approximate surface area is 95.8 Å². The standard InChI is InChI=1S/C12H18N2S/c1-2-13-6-5-10-3-4-12-11(9-10)14-7-8-15-12/h3-4,9,13-14H,2,5-8H2,1H3. The fourth-order valence-electron chi connectivity index (χ4n) is 1.75. The molecule has 0 radical (unpaired) electrons. The van der Waals surface area contributed by atoms with Crippen LogP contribution in [0.2, 0.25) is 0 Å². The maximum absolute atomic E-state index is 3.45. The number of benzene rings is 1. The van der Waals surface area contributed by atoms with E-state index >= 15 is 0 Å². The minimum Gasteiger partial charge on any atom is -0.383 e. The number of likely N-dealkylation sites (N-methyl/N-ethyl adjacent to an activating group) is 1. The molecule has 0 saturated carbocycles. The van der Waals surface area contributed by atoms with Crippen LogP contribution in [0, 0.1) is 0 Å². The number of anilines is 1. The van der Waals surface area contributed by atoms with Crippen molar-refractivity contribution in [1.82, 2.24) is 5.32 Å². The van der Waals surface area contributed by atoms with Crippen molar-refractivity contribution in [2.45, 2.75) is 18.2 Å². The molecule has 2 rings (SSSR count). The summed E-state index contributed by atoms with van der Waals surface area (Å²) in [5, 5.41) is 6.80. The lowest BCUT2D eigenvalue weighted by Gasteiger charge is -2.18. The van der Waals surface area contributed by atoms with Crippen LogP contribution in [0.1, 0.15) is 12.5 Å². The van der Waals surface area contributed by atoms with E-state index in [1.165, 1.54) is 21.9 Å². The molecule has 0 aliphatic carbocycles. The maximum Gasteiger partial charge on any atom is 0.0481 e. The Balaban J connectivity index is 2.00. The van der Waals surface area contributed by atoms with Crippen LogP contribution in [0.15, 0.2) is 23.1 Å². The normalized spacial score (nSPS) is 14.5. The molecule has 0 fully saturated rings. The van der Waals surface area contributed by atoms with Crippen molar-refractivity contribution in [3.63, 3.8) is 0 Å². The van der Waals surface area contributed by atoms with Crippen LogP contribution < -0.4 is 10.6 Å². The van der Waals surface area contributed by atoms with Gasteiger partial charge in [-0.05, 0) is 37.2 Å². The Morgan fingerprint density at radius 3 is 3.27 bits per heavy atom. The van der Waals surface area contributed by atoms with Gasteiger partial charge in [-0.15, -0.1) is 11.8 Å². The van der Waals surface area contributed by atoms with E-state index in [1.54, 1.807) is 0 Å². The third kappa shape index (κ3) is 2.89. The largest absolute Gasteiger partial charge is 0.383 e. The summed E-state index contributed by atoms with van der Waals surface area (Å²) in [6.07, 6.45) is 1.12. The van der Waals surface area contributed by atoms with E-state index in [0.29, 0.717) is 0 Å². The third-order valence-corrected chi connectivity index (χ3v) is 3.63. The monoisotopic (exact) mass is 222 g/mol. The lowest BCUT2D eigenvalue weighted by atomic mass is 10.1. The maximum atomic E-state index is 3.45. The highest BCUT2D eigenvalue weighted by Gasteiger charge is 2.08. The van der Waals surface area contributed by atoms with Gasteiger partial charge in [-0.2, -0.15) is 0 Å². The zero-order valence-electron chi connectivity index (χ0n) is 9.18. The van der Waals surface area contributed by atoms with Crippen LogP contribution in [0.5, 0.6) is 0 Å². The first-order chi connectivity index (χ1) is 7.40. The van der Waals surface area contributed by atoms with Crippen LogP contribution >= 0.6 is 11.8 Å². The lowest BCUT2D eigenvalue weighted by molar-refractivity contribution is 0.716. The van der Waals surface area contributed by atoms with Gasteiger partial charge < -0.3 is 10.6 Å². The molecule has 0 spiro atoms. The van der Waals surface area contributed by atoms with Crippen LogP contribution in [0.4, 0.5) is 5.69 Å². The predicted molar refractivity (Wildman–Crippen MR) is 67.9 cm³/mol. The van der Waals surface area contributed by atoms with Gasteiger partial charge in [0, 0.05) is 22.9 Å². The molecule has 0 aromatic heterocycles. The lowest BCUT2D eigenvalue weighted by Crippen LogP contribution is -2.16. The Morgan fingerprint density at radius 2 is 2.40 bits per heavy atom. The van der Waals surface area contributed by atoms with E-state index in [4.69, 9.17) is 0 Å². The van der Waals surface area contributed by atoms with Gasteiger partial charge in [-0.3, -0.25) is 0 Å². The molecule has 2 N–H and O–H groups in total. The number of hydrogen-bond acceptors (Lipinski definition) is 3. The zero-order valence-corrected chi connectivity index (χ0v) is 9.99. The first-order valence-electron chi connectivity index (χ1n) is 5.60. The van der Waals surface area contributed by atoms with E-state index in [9.17, 15) is 0 Å². The molecule has 1 aliphatic rings. The fraction of sp³-hybridized carbons (Fsp3) is 0.500. The molecule has 0 bridgehead atoms. The van der Waals surface area contributed by atoms with Gasteiger partial charge in [0.2, 0.25) is 0 Å². The summed E-state index contributed by atoms with van der Waals surface area (Å²) in [4.78, 5) is 1.40. The quantitative estimate of drug-likeness (QED) is 0.765. The van der Waals surface area contributed by atoms with Crippen LogP contribution in [0.25, 0.3) is 0 Å². The number of thioether (sulfide) groups is 1. The second-order valence-corrected chi connectivity index (χ2v) is 4.85. The smallest absolute Gasteiger partial charge is 0.0481 e. The molecule has 15 heavy (non-hydrogen) atoms. The van der Waals surface area contributed by atoms with Crippen LogP contribution in [0.3, 0.4) is 0 Å². The van der Waals surface area contributed by atoms with Gasteiger partial charge in [0.1, 0.15) is 0 Å². The number of rotatable bonds is 4. The van der Waals surface area contributed by atoms with Gasteiger partial charge in [0.15, 0.2) is 0 Å². The molecule has 1 aromatic rings. The van der Waals surface area contributed by atoms with Gasteiger partial charge >= 0.3 is 0 Å². The summed E-state index contributed by atoms with van der Waals surface area (Å²) in [5.41, 5.74) is 2.74.